The fraction of sp³-hybridized carbons (Fsp3) is 0.778. The highest BCUT2D eigenvalue weighted by atomic mass is 16.5. The molecule has 0 aliphatic carbocycles. The van der Waals surface area contributed by atoms with Gasteiger partial charge in [0.1, 0.15) is 12.5 Å². The molecule has 1 rings (SSSR count). The van der Waals surface area contributed by atoms with Gasteiger partial charge in [-0.1, -0.05) is 0 Å². The first-order valence-corrected chi connectivity index (χ1v) is 4.49. The number of ketones is 1. The second-order valence-electron chi connectivity index (χ2n) is 3.33. The Morgan fingerprint density at radius 1 is 1.57 bits per heavy atom. The predicted molar refractivity (Wildman–Crippen MR) is 46.6 cm³/mol. The third-order valence-electron chi connectivity index (χ3n) is 2.24. The molecular formula is C9H14O5. The maximum atomic E-state index is 11.4. The van der Waals surface area contributed by atoms with Crippen LogP contribution in [0.15, 0.2) is 0 Å². The molecule has 0 aromatic heterocycles. The summed E-state index contributed by atoms with van der Waals surface area (Å²) in [5, 5.41) is 8.81. The number of methoxy groups -OCH3 is 1. The minimum atomic E-state index is -0.550. The lowest BCUT2D eigenvalue weighted by Crippen LogP contribution is -2.23. The lowest BCUT2D eigenvalue weighted by molar-refractivity contribution is -0.145. The van der Waals surface area contributed by atoms with Crippen LogP contribution in [0.25, 0.3) is 0 Å². The molecule has 0 saturated carbocycles. The van der Waals surface area contributed by atoms with Crippen molar-refractivity contribution in [2.45, 2.75) is 18.9 Å². The van der Waals surface area contributed by atoms with Gasteiger partial charge in [-0.3, -0.25) is 9.59 Å². The van der Waals surface area contributed by atoms with Crippen molar-refractivity contribution >= 4 is 11.8 Å². The number of carbonyl (C=O) groups is 2. The minimum Gasteiger partial charge on any atom is -0.469 e. The highest BCUT2D eigenvalue weighted by Gasteiger charge is 2.31. The minimum absolute atomic E-state index is 0.0154. The van der Waals surface area contributed by atoms with Crippen LogP contribution in [-0.2, 0) is 19.1 Å². The number of aliphatic hydroxyl groups excluding tert-OH is 1. The number of ether oxygens (including phenoxy) is 2. The summed E-state index contributed by atoms with van der Waals surface area (Å²) in [5.74, 6) is -0.805. The van der Waals surface area contributed by atoms with Crippen LogP contribution in [0, 0.1) is 5.92 Å². The number of aliphatic hydroxyl groups is 1. The van der Waals surface area contributed by atoms with Crippen molar-refractivity contribution in [2.75, 3.05) is 20.3 Å². The van der Waals surface area contributed by atoms with Crippen molar-refractivity contribution in [3.63, 3.8) is 0 Å². The molecule has 1 N–H and O–H groups in total. The first-order valence-electron chi connectivity index (χ1n) is 4.49. The Labute approximate surface area is 82.0 Å². The van der Waals surface area contributed by atoms with E-state index in [1.165, 1.54) is 7.11 Å². The number of Topliss-reactive ketones (excluding diaryl/α,β-unsaturated/α-hetero) is 1. The van der Waals surface area contributed by atoms with Crippen molar-refractivity contribution < 1.29 is 24.2 Å². The summed E-state index contributed by atoms with van der Waals surface area (Å²) >= 11 is 0. The highest BCUT2D eigenvalue weighted by molar-refractivity contribution is 5.98. The van der Waals surface area contributed by atoms with Gasteiger partial charge in [-0.2, -0.15) is 0 Å². The van der Waals surface area contributed by atoms with Gasteiger partial charge in [0.05, 0.1) is 13.7 Å². The fourth-order valence-electron chi connectivity index (χ4n) is 1.37. The second kappa shape index (κ2) is 5.07. The Bertz CT molecular complexity index is 225. The summed E-state index contributed by atoms with van der Waals surface area (Å²) in [6.45, 7) is 0.399. The van der Waals surface area contributed by atoms with E-state index < -0.39 is 12.1 Å². The lowest BCUT2D eigenvalue weighted by Gasteiger charge is -2.06. The van der Waals surface area contributed by atoms with Crippen molar-refractivity contribution in [1.82, 2.24) is 0 Å². The summed E-state index contributed by atoms with van der Waals surface area (Å²) in [6.07, 6.45) is -0.308. The first-order chi connectivity index (χ1) is 6.67. The Morgan fingerprint density at radius 3 is 2.79 bits per heavy atom. The molecule has 0 unspecified atom stereocenters. The summed E-state index contributed by atoms with van der Waals surface area (Å²) in [4.78, 5) is 22.2. The summed E-state index contributed by atoms with van der Waals surface area (Å²) in [6, 6.07) is 0. The average Bonchev–Trinajstić information content (AvgIpc) is 2.65. The molecule has 1 saturated heterocycles. The lowest BCUT2D eigenvalue weighted by atomic mass is 10.0. The molecule has 1 aliphatic heterocycles. The van der Waals surface area contributed by atoms with E-state index in [9.17, 15) is 9.59 Å². The van der Waals surface area contributed by atoms with E-state index in [0.717, 1.165) is 0 Å². The standard InChI is InChI=1S/C9H14O5/c1-13-9(12)3-7(11)8-2-6(4-10)5-14-8/h6,8,10H,2-5H2,1H3/t6-,8+/m0/s1. The van der Waals surface area contributed by atoms with Crippen molar-refractivity contribution in [1.29, 1.82) is 0 Å². The van der Waals surface area contributed by atoms with E-state index in [-0.39, 0.29) is 24.7 Å². The van der Waals surface area contributed by atoms with Crippen LogP contribution in [0.2, 0.25) is 0 Å². The summed E-state index contributed by atoms with van der Waals surface area (Å²) in [7, 11) is 1.24. The molecule has 0 bridgehead atoms. The van der Waals surface area contributed by atoms with Crippen LogP contribution in [0.5, 0.6) is 0 Å². The van der Waals surface area contributed by atoms with Gasteiger partial charge in [0, 0.05) is 12.5 Å². The topological polar surface area (TPSA) is 72.8 Å². The largest absolute Gasteiger partial charge is 0.469 e. The molecule has 1 fully saturated rings. The number of hydrogen-bond donors (Lipinski definition) is 1. The Hall–Kier alpha value is -0.940. The molecule has 0 aromatic rings. The van der Waals surface area contributed by atoms with Crippen molar-refractivity contribution in [3.05, 3.63) is 0 Å². The maximum absolute atomic E-state index is 11.4. The van der Waals surface area contributed by atoms with Gasteiger partial charge < -0.3 is 14.6 Å². The van der Waals surface area contributed by atoms with E-state index in [2.05, 4.69) is 4.74 Å². The van der Waals surface area contributed by atoms with Crippen LogP contribution >= 0.6 is 0 Å². The highest BCUT2D eigenvalue weighted by Crippen LogP contribution is 2.20. The molecule has 14 heavy (non-hydrogen) atoms. The van der Waals surface area contributed by atoms with Gasteiger partial charge >= 0.3 is 5.97 Å². The normalized spacial score (nSPS) is 26.1. The van der Waals surface area contributed by atoms with Crippen LogP contribution in [-0.4, -0.2) is 43.3 Å². The Kier molecular flexibility index (Phi) is 4.03. The zero-order valence-electron chi connectivity index (χ0n) is 8.06. The van der Waals surface area contributed by atoms with E-state index in [4.69, 9.17) is 9.84 Å². The molecule has 0 aromatic carbocycles. The first kappa shape index (κ1) is 11.1. The van der Waals surface area contributed by atoms with Gasteiger partial charge in [-0.15, -0.1) is 0 Å². The predicted octanol–water partition coefficient (Wildman–Crippen LogP) is -0.484. The van der Waals surface area contributed by atoms with E-state index in [1.54, 1.807) is 0 Å². The quantitative estimate of drug-likeness (QED) is 0.492. The maximum Gasteiger partial charge on any atom is 0.313 e. The SMILES string of the molecule is COC(=O)CC(=O)[C@H]1C[C@@H](CO)CO1. The number of hydrogen-bond acceptors (Lipinski definition) is 5. The molecule has 5 heteroatoms. The Balaban J connectivity index is 2.35. The van der Waals surface area contributed by atoms with Crippen LogP contribution < -0.4 is 0 Å². The smallest absolute Gasteiger partial charge is 0.313 e. The molecule has 5 nitrogen and oxygen atoms in total. The van der Waals surface area contributed by atoms with Crippen LogP contribution in [0.4, 0.5) is 0 Å². The third-order valence-corrected chi connectivity index (χ3v) is 2.24. The summed E-state index contributed by atoms with van der Waals surface area (Å²) in [5.41, 5.74) is 0. The van der Waals surface area contributed by atoms with Gasteiger partial charge in [0.25, 0.3) is 0 Å². The monoisotopic (exact) mass is 202 g/mol. The number of esters is 1. The molecule has 0 radical (unpaired) electrons. The third kappa shape index (κ3) is 2.78. The van der Waals surface area contributed by atoms with Gasteiger partial charge in [-0.05, 0) is 6.42 Å². The summed E-state index contributed by atoms with van der Waals surface area (Å²) < 4.78 is 9.52. The molecule has 2 atom stereocenters. The molecular weight excluding hydrogens is 188 g/mol. The van der Waals surface area contributed by atoms with Crippen molar-refractivity contribution in [3.8, 4) is 0 Å². The molecule has 1 heterocycles. The molecule has 0 amide bonds. The van der Waals surface area contributed by atoms with Gasteiger partial charge in [0.2, 0.25) is 0 Å². The number of rotatable bonds is 4. The zero-order chi connectivity index (χ0) is 10.6. The number of carbonyl (C=O) groups excluding carboxylic acids is 2. The van der Waals surface area contributed by atoms with E-state index in [0.29, 0.717) is 13.0 Å². The zero-order valence-corrected chi connectivity index (χ0v) is 8.06. The van der Waals surface area contributed by atoms with Gasteiger partial charge in [0.15, 0.2) is 5.78 Å². The Morgan fingerprint density at radius 2 is 2.29 bits per heavy atom. The van der Waals surface area contributed by atoms with Gasteiger partial charge in [-0.25, -0.2) is 0 Å². The fourth-order valence-corrected chi connectivity index (χ4v) is 1.37. The van der Waals surface area contributed by atoms with E-state index in [1.807, 2.05) is 0 Å². The van der Waals surface area contributed by atoms with Crippen LogP contribution in [0.1, 0.15) is 12.8 Å². The molecule has 0 spiro atoms. The molecule has 80 valence electrons. The van der Waals surface area contributed by atoms with Crippen molar-refractivity contribution in [2.24, 2.45) is 5.92 Å². The second-order valence-corrected chi connectivity index (χ2v) is 3.33. The molecule has 1 aliphatic rings. The average molecular weight is 202 g/mol. The van der Waals surface area contributed by atoms with E-state index >= 15 is 0 Å². The van der Waals surface area contributed by atoms with Crippen LogP contribution in [0.3, 0.4) is 0 Å².